The van der Waals surface area contributed by atoms with E-state index < -0.39 is 18.1 Å². The highest BCUT2D eigenvalue weighted by molar-refractivity contribution is 5.85. The molecule has 5 aromatic heterocycles. The summed E-state index contributed by atoms with van der Waals surface area (Å²) in [7, 11) is 0. The number of nitrogens with one attached hydrogen (secondary N) is 3. The third-order valence-electron chi connectivity index (χ3n) is 15.0. The Bertz CT molecular complexity index is 3370. The number of nitrogens with two attached hydrogens (primary N) is 2. The largest absolute Gasteiger partial charge is 0.508 e. The van der Waals surface area contributed by atoms with Crippen LogP contribution >= 0.6 is 12.4 Å². The number of carbonyl (C=O) groups is 2. The van der Waals surface area contributed by atoms with E-state index >= 15 is 0 Å². The summed E-state index contributed by atoms with van der Waals surface area (Å²) in [5, 5.41) is 33.2. The molecule has 0 spiro atoms. The van der Waals surface area contributed by atoms with Gasteiger partial charge in [0.1, 0.15) is 24.4 Å². The molecule has 24 nitrogen and oxygen atoms in total. The Morgan fingerprint density at radius 2 is 1.14 bits per heavy atom. The first-order valence-electron chi connectivity index (χ1n) is 28.4. The number of piperazine rings is 2. The van der Waals surface area contributed by atoms with Crippen molar-refractivity contribution >= 4 is 63.9 Å². The van der Waals surface area contributed by atoms with E-state index in [0.717, 1.165) is 45.2 Å². The first-order chi connectivity index (χ1) is 40.4. The Hall–Kier alpha value is -8.18. The van der Waals surface area contributed by atoms with Crippen molar-refractivity contribution < 1.29 is 28.9 Å². The number of terminal acetylenes is 1. The van der Waals surface area contributed by atoms with Gasteiger partial charge in [0.15, 0.2) is 0 Å². The topological polar surface area (TPSA) is 291 Å². The number of amides is 2. The summed E-state index contributed by atoms with van der Waals surface area (Å²) in [6.45, 7) is 10.2. The van der Waals surface area contributed by atoms with Crippen molar-refractivity contribution in [1.29, 1.82) is 0 Å². The summed E-state index contributed by atoms with van der Waals surface area (Å²) < 4.78 is 20.0. The zero-order valence-electron chi connectivity index (χ0n) is 47.5. The fraction of sp³-hybridized carbons (Fsp3) is 0.441. The van der Waals surface area contributed by atoms with Crippen LogP contribution in [0.5, 0.6) is 5.75 Å². The molecule has 444 valence electrons. The molecule has 2 aliphatic heterocycles. The molecule has 8 N–H and O–H groups in total. The Balaban J connectivity index is 0.00000846. The summed E-state index contributed by atoms with van der Waals surface area (Å²) >= 11 is 0. The maximum absolute atomic E-state index is 14.9. The van der Waals surface area contributed by atoms with Gasteiger partial charge in [-0.15, -0.1) is 29.0 Å². The maximum atomic E-state index is 14.9. The number of hydrogen-bond acceptors (Lipinski definition) is 18. The molecule has 0 bridgehead atoms. The van der Waals surface area contributed by atoms with Crippen LogP contribution in [0.1, 0.15) is 72.8 Å². The number of H-pyrrole nitrogens is 2. The number of aromatic hydroxyl groups is 1. The van der Waals surface area contributed by atoms with Crippen molar-refractivity contribution in [2.24, 2.45) is 17.4 Å². The van der Waals surface area contributed by atoms with Gasteiger partial charge in [0.2, 0.25) is 29.7 Å². The molecule has 2 saturated heterocycles. The lowest BCUT2D eigenvalue weighted by molar-refractivity contribution is -0.136. The van der Waals surface area contributed by atoms with Crippen molar-refractivity contribution in [1.82, 2.24) is 64.7 Å². The van der Waals surface area contributed by atoms with Crippen LogP contribution in [0.4, 0.5) is 17.8 Å². The average Bonchev–Trinajstić information content (AvgIpc) is 4.37. The molecule has 84 heavy (non-hydrogen) atoms. The highest BCUT2D eigenvalue weighted by Crippen LogP contribution is 2.28. The monoisotopic (exact) mass is 1170 g/mol. The van der Waals surface area contributed by atoms with Gasteiger partial charge in [0.05, 0.1) is 68.9 Å². The molecule has 10 rings (SSSR count). The van der Waals surface area contributed by atoms with Crippen LogP contribution < -0.4 is 26.6 Å². The number of phenols is 1. The lowest BCUT2D eigenvalue weighted by Crippen LogP contribution is -2.52. The molecule has 2 aliphatic rings. The molecule has 8 aromatic rings. The molecule has 7 heterocycles. The van der Waals surface area contributed by atoms with Crippen LogP contribution in [-0.2, 0) is 43.1 Å². The van der Waals surface area contributed by atoms with E-state index in [9.17, 15) is 14.7 Å². The molecule has 0 radical (unpaired) electrons. The first-order valence-corrected chi connectivity index (χ1v) is 28.4. The van der Waals surface area contributed by atoms with E-state index in [2.05, 4.69) is 77.6 Å². The summed E-state index contributed by atoms with van der Waals surface area (Å²) in [5.74, 6) is 4.08. The van der Waals surface area contributed by atoms with Crippen LogP contribution in [0.3, 0.4) is 0 Å². The number of aromatic nitrogens is 11. The molecule has 2 fully saturated rings. The van der Waals surface area contributed by atoms with Gasteiger partial charge in [-0.25, -0.2) is 9.36 Å². The average molecular weight is 1170 g/mol. The van der Waals surface area contributed by atoms with Gasteiger partial charge in [-0.3, -0.25) is 9.59 Å². The van der Waals surface area contributed by atoms with Gasteiger partial charge in [-0.05, 0) is 71.5 Å². The molecular weight excluding hydrogens is 1090 g/mol. The highest BCUT2D eigenvalue weighted by Gasteiger charge is 2.34. The fourth-order valence-electron chi connectivity index (χ4n) is 10.5. The lowest BCUT2D eigenvalue weighted by atomic mass is 10.0. The zero-order valence-corrected chi connectivity index (χ0v) is 48.3. The van der Waals surface area contributed by atoms with Crippen LogP contribution in [-0.4, -0.2) is 180 Å². The molecule has 0 unspecified atom stereocenters. The van der Waals surface area contributed by atoms with E-state index in [-0.39, 0.29) is 42.6 Å². The predicted molar refractivity (Wildman–Crippen MR) is 322 cm³/mol. The summed E-state index contributed by atoms with van der Waals surface area (Å²) in [4.78, 5) is 59.4. The molecule has 4 atom stereocenters. The number of ether oxygens (including phenoxy) is 3. The Labute approximate surface area is 494 Å². The second kappa shape index (κ2) is 28.9. The number of carbonyl (C=O) groups excluding carboxylic acids is 2. The Morgan fingerprint density at radius 1 is 0.655 bits per heavy atom. The number of fused-ring (bicyclic) bond motifs is 2. The van der Waals surface area contributed by atoms with Crippen LogP contribution in [0.2, 0.25) is 0 Å². The van der Waals surface area contributed by atoms with E-state index in [0.29, 0.717) is 146 Å². The Morgan fingerprint density at radius 3 is 1.64 bits per heavy atom. The molecule has 3 aromatic carbocycles. The number of hydrogen-bond donors (Lipinski definition) is 6. The number of nitrogens with zero attached hydrogens (tertiary/aromatic N) is 13. The zero-order chi connectivity index (χ0) is 57.7. The third kappa shape index (κ3) is 15.5. The van der Waals surface area contributed by atoms with E-state index in [4.69, 9.17) is 47.1 Å². The molecule has 25 heteroatoms. The van der Waals surface area contributed by atoms with Crippen molar-refractivity contribution in [3.8, 4) is 18.1 Å². The first kappa shape index (κ1) is 60.4. The van der Waals surface area contributed by atoms with Gasteiger partial charge < -0.3 is 65.7 Å². The Kier molecular flexibility index (Phi) is 20.8. The van der Waals surface area contributed by atoms with Crippen molar-refractivity contribution in [3.05, 3.63) is 126 Å². The summed E-state index contributed by atoms with van der Waals surface area (Å²) in [5.41, 5.74) is 19.1. The van der Waals surface area contributed by atoms with Crippen molar-refractivity contribution in [2.45, 2.75) is 63.7 Å². The second-order valence-corrected chi connectivity index (χ2v) is 21.5. The summed E-state index contributed by atoms with van der Waals surface area (Å²) in [6, 6.07) is 24.9. The maximum Gasteiger partial charge on any atom is 0.248 e. The third-order valence-corrected chi connectivity index (χ3v) is 15.0. The quantitative estimate of drug-likeness (QED) is 0.0298. The lowest BCUT2D eigenvalue weighted by Gasteiger charge is -2.38. The smallest absolute Gasteiger partial charge is 0.248 e. The summed E-state index contributed by atoms with van der Waals surface area (Å²) in [6.07, 6.45) is 10.8. The SMILES string of the molecule is C#CCOCCOCCOCCNc1nc(N2CCN(C(=O)[C@H](Cc3cc4ccccc4[nH]3)n3cc([C@@H](N)Cc4ccc(O)cc4)nn3)CC2)nc(N2CCN(C(=O)[C@H](Cc3cc4ccccc4[nH]3)n3cc([C@@H](N)CC(C)C)nn3)CC2)n1.Cl. The number of anilines is 3. The van der Waals surface area contributed by atoms with Crippen LogP contribution in [0, 0.1) is 18.3 Å². The van der Waals surface area contributed by atoms with Gasteiger partial charge >= 0.3 is 0 Å². The molecule has 0 saturated carbocycles. The standard InChI is InChI=1S/C59H74N18O6.ClH/c1-4-26-81-28-30-83-31-29-82-27-17-62-57-65-58(74-22-18-72(19-23-74)55(79)53(36-44-34-42-9-5-7-11-49(42)63-44)76-38-51(68-70-76)47(60)32-40(2)3)67-59(66-57)75-24-20-73(21-25-75)56(80)54(37-45-35-43-10-6-8-12-50(43)64-45)77-39-52(69-71-77)48(61)33-41-13-15-46(78)16-14-41;/h1,5-16,34-35,38-40,47-48,53-54,63-64,78H,17-33,36-37,60-61H2,2-3H3,(H,62,65,66,67);1H/t47-,48-,53-,54-;/m0./s1. The van der Waals surface area contributed by atoms with Crippen molar-refractivity contribution in [3.63, 3.8) is 0 Å². The normalized spacial score (nSPS) is 15.3. The molecular formula is C59H75ClN18O6. The molecule has 0 aliphatic carbocycles. The van der Waals surface area contributed by atoms with E-state index in [1.807, 2.05) is 76.7 Å². The van der Waals surface area contributed by atoms with Crippen LogP contribution in [0.25, 0.3) is 21.8 Å². The van der Waals surface area contributed by atoms with E-state index in [1.165, 1.54) is 0 Å². The second-order valence-electron chi connectivity index (χ2n) is 21.5. The predicted octanol–water partition coefficient (Wildman–Crippen LogP) is 4.79. The van der Waals surface area contributed by atoms with Crippen molar-refractivity contribution in [2.75, 3.05) is 114 Å². The number of para-hydroxylation sites is 2. The van der Waals surface area contributed by atoms with Gasteiger partial charge in [-0.2, -0.15) is 15.0 Å². The van der Waals surface area contributed by atoms with Crippen LogP contribution in [0.15, 0.2) is 97.3 Å². The fourth-order valence-corrected chi connectivity index (χ4v) is 10.5. The van der Waals surface area contributed by atoms with Gasteiger partial charge in [-0.1, -0.05) is 78.7 Å². The highest BCUT2D eigenvalue weighted by atomic mass is 35.5. The number of rotatable bonds is 27. The minimum atomic E-state index is -0.728. The number of phenolic OH excluding ortho intramolecular Hbond substituents is 1. The molecule has 2 amide bonds. The van der Waals surface area contributed by atoms with E-state index in [1.54, 1.807) is 27.7 Å². The minimum absolute atomic E-state index is 0. The van der Waals surface area contributed by atoms with Gasteiger partial charge in [0.25, 0.3) is 0 Å². The number of halogens is 1. The number of aromatic amines is 2. The minimum Gasteiger partial charge on any atom is -0.508 e. The van der Waals surface area contributed by atoms with Gasteiger partial charge in [0, 0.05) is 94.2 Å². The number of benzene rings is 3.